The number of benzene rings is 1. The van der Waals surface area contributed by atoms with Gasteiger partial charge in [-0.15, -0.1) is 0 Å². The van der Waals surface area contributed by atoms with Gasteiger partial charge in [0.25, 0.3) is 0 Å². The molecule has 0 unspecified atom stereocenters. The fraction of sp³-hybridized carbons (Fsp3) is 0.231. The third-order valence-corrected chi connectivity index (χ3v) is 3.09. The Labute approximate surface area is 115 Å². The van der Waals surface area contributed by atoms with E-state index in [4.69, 9.17) is 5.73 Å². The van der Waals surface area contributed by atoms with E-state index in [-0.39, 0.29) is 0 Å². The number of hydrogen-bond donors (Lipinski definition) is 2. The average molecular weight is 307 g/mol. The Bertz CT molecular complexity index is 549. The molecule has 0 saturated carbocycles. The van der Waals surface area contributed by atoms with Crippen LogP contribution in [0, 0.1) is 6.92 Å². The van der Waals surface area contributed by atoms with Crippen LogP contribution in [0.25, 0.3) is 0 Å². The quantitative estimate of drug-likeness (QED) is 0.912. The van der Waals surface area contributed by atoms with Crippen LogP contribution in [0.3, 0.4) is 0 Å². The molecule has 0 radical (unpaired) electrons. The van der Waals surface area contributed by atoms with E-state index in [2.05, 4.69) is 43.3 Å². The summed E-state index contributed by atoms with van der Waals surface area (Å²) in [4.78, 5) is 8.25. The van der Waals surface area contributed by atoms with Crippen LogP contribution in [0.1, 0.15) is 18.1 Å². The minimum absolute atomic E-state index is 0.529. The van der Waals surface area contributed by atoms with Crippen molar-refractivity contribution in [2.75, 3.05) is 11.1 Å². The molecule has 0 aliphatic heterocycles. The highest BCUT2D eigenvalue weighted by Crippen LogP contribution is 2.25. The number of aromatic nitrogens is 2. The molecule has 3 N–H and O–H groups in total. The zero-order chi connectivity index (χ0) is 13.1. The summed E-state index contributed by atoms with van der Waals surface area (Å²) in [5, 5.41) is 3.28. The highest BCUT2D eigenvalue weighted by molar-refractivity contribution is 9.10. The predicted molar refractivity (Wildman–Crippen MR) is 78.0 cm³/mol. The van der Waals surface area contributed by atoms with Gasteiger partial charge in [-0.1, -0.05) is 22.9 Å². The SMILES string of the molecule is CCc1c(N)ncnc1Nc1cc(C)cc(Br)c1. The summed E-state index contributed by atoms with van der Waals surface area (Å²) in [6, 6.07) is 6.12. The molecule has 1 heterocycles. The number of nitrogens with zero attached hydrogens (tertiary/aromatic N) is 2. The lowest BCUT2D eigenvalue weighted by molar-refractivity contribution is 1.06. The molecular weight excluding hydrogens is 292 g/mol. The fourth-order valence-corrected chi connectivity index (χ4v) is 2.44. The van der Waals surface area contributed by atoms with E-state index in [0.29, 0.717) is 5.82 Å². The van der Waals surface area contributed by atoms with Crippen molar-refractivity contribution in [2.45, 2.75) is 20.3 Å². The Hall–Kier alpha value is -1.62. The Morgan fingerprint density at radius 2 is 2.06 bits per heavy atom. The maximum atomic E-state index is 5.84. The Balaban J connectivity index is 2.36. The van der Waals surface area contributed by atoms with Gasteiger partial charge in [0.15, 0.2) is 0 Å². The van der Waals surface area contributed by atoms with Gasteiger partial charge in [-0.2, -0.15) is 0 Å². The molecule has 0 bridgehead atoms. The van der Waals surface area contributed by atoms with E-state index in [1.807, 2.05) is 19.9 Å². The lowest BCUT2D eigenvalue weighted by Gasteiger charge is -2.11. The highest BCUT2D eigenvalue weighted by Gasteiger charge is 2.07. The molecular formula is C13H15BrN4. The van der Waals surface area contributed by atoms with Crippen LogP contribution < -0.4 is 11.1 Å². The van der Waals surface area contributed by atoms with Crippen LogP contribution in [0.4, 0.5) is 17.3 Å². The van der Waals surface area contributed by atoms with E-state index < -0.39 is 0 Å². The molecule has 1 aromatic carbocycles. The van der Waals surface area contributed by atoms with E-state index >= 15 is 0 Å². The monoisotopic (exact) mass is 306 g/mol. The van der Waals surface area contributed by atoms with Gasteiger partial charge in [0.1, 0.15) is 18.0 Å². The predicted octanol–water partition coefficient (Wildman–Crippen LogP) is 3.44. The number of nitrogens with two attached hydrogens (primary N) is 1. The van der Waals surface area contributed by atoms with Gasteiger partial charge in [-0.3, -0.25) is 0 Å². The van der Waals surface area contributed by atoms with Gasteiger partial charge < -0.3 is 11.1 Å². The Morgan fingerprint density at radius 1 is 1.28 bits per heavy atom. The molecule has 4 nitrogen and oxygen atoms in total. The van der Waals surface area contributed by atoms with Gasteiger partial charge >= 0.3 is 0 Å². The summed E-state index contributed by atoms with van der Waals surface area (Å²) in [6.07, 6.45) is 2.27. The van der Waals surface area contributed by atoms with E-state index in [9.17, 15) is 0 Å². The van der Waals surface area contributed by atoms with Crippen molar-refractivity contribution < 1.29 is 0 Å². The Kier molecular flexibility index (Phi) is 3.81. The second-order valence-corrected chi connectivity index (χ2v) is 5.00. The molecule has 5 heteroatoms. The number of nitrogens with one attached hydrogen (secondary N) is 1. The molecule has 1 aromatic heterocycles. The molecule has 0 aliphatic carbocycles. The van der Waals surface area contributed by atoms with Crippen molar-refractivity contribution in [2.24, 2.45) is 0 Å². The average Bonchev–Trinajstić information content (AvgIpc) is 2.27. The third kappa shape index (κ3) is 2.79. The highest BCUT2D eigenvalue weighted by atomic mass is 79.9. The molecule has 94 valence electrons. The van der Waals surface area contributed by atoms with Crippen molar-refractivity contribution in [1.82, 2.24) is 9.97 Å². The number of aryl methyl sites for hydroxylation is 1. The summed E-state index contributed by atoms with van der Waals surface area (Å²) in [7, 11) is 0. The zero-order valence-electron chi connectivity index (χ0n) is 10.4. The number of anilines is 3. The van der Waals surface area contributed by atoms with Crippen LogP contribution in [-0.4, -0.2) is 9.97 Å². The summed E-state index contributed by atoms with van der Waals surface area (Å²) in [5.74, 6) is 1.30. The van der Waals surface area contributed by atoms with Crippen molar-refractivity contribution >= 4 is 33.3 Å². The van der Waals surface area contributed by atoms with Crippen molar-refractivity contribution in [1.29, 1.82) is 0 Å². The van der Waals surface area contributed by atoms with E-state index in [1.54, 1.807) is 0 Å². The number of halogens is 1. The smallest absolute Gasteiger partial charge is 0.139 e. The maximum absolute atomic E-state index is 5.84. The molecule has 0 amide bonds. The first-order valence-corrected chi connectivity index (χ1v) is 6.53. The number of rotatable bonds is 3. The van der Waals surface area contributed by atoms with Crippen LogP contribution in [0.5, 0.6) is 0 Å². The summed E-state index contributed by atoms with van der Waals surface area (Å²) >= 11 is 3.48. The van der Waals surface area contributed by atoms with E-state index in [0.717, 1.165) is 28.0 Å². The van der Waals surface area contributed by atoms with E-state index in [1.165, 1.54) is 11.9 Å². The molecule has 0 atom stereocenters. The Morgan fingerprint density at radius 3 is 2.72 bits per heavy atom. The topological polar surface area (TPSA) is 63.8 Å². The van der Waals surface area contributed by atoms with Crippen LogP contribution >= 0.6 is 15.9 Å². The van der Waals surface area contributed by atoms with Crippen molar-refractivity contribution in [3.63, 3.8) is 0 Å². The molecule has 0 fully saturated rings. The molecule has 2 aromatic rings. The number of hydrogen-bond acceptors (Lipinski definition) is 4. The lowest BCUT2D eigenvalue weighted by atomic mass is 10.2. The molecule has 18 heavy (non-hydrogen) atoms. The van der Waals surface area contributed by atoms with Gasteiger partial charge in [0.2, 0.25) is 0 Å². The van der Waals surface area contributed by atoms with Crippen LogP contribution in [0.2, 0.25) is 0 Å². The normalized spacial score (nSPS) is 10.4. The maximum Gasteiger partial charge on any atom is 0.139 e. The molecule has 0 spiro atoms. The summed E-state index contributed by atoms with van der Waals surface area (Å²) in [6.45, 7) is 4.08. The fourth-order valence-electron chi connectivity index (χ4n) is 1.83. The van der Waals surface area contributed by atoms with Crippen LogP contribution in [-0.2, 0) is 6.42 Å². The first-order valence-electron chi connectivity index (χ1n) is 5.73. The number of nitrogen functional groups attached to an aromatic ring is 1. The van der Waals surface area contributed by atoms with Crippen LogP contribution in [0.15, 0.2) is 29.0 Å². The first-order chi connectivity index (χ1) is 8.60. The second kappa shape index (κ2) is 5.35. The van der Waals surface area contributed by atoms with Gasteiger partial charge in [0.05, 0.1) is 0 Å². The summed E-state index contributed by atoms with van der Waals surface area (Å²) < 4.78 is 1.03. The molecule has 2 rings (SSSR count). The second-order valence-electron chi connectivity index (χ2n) is 4.08. The minimum atomic E-state index is 0.529. The summed E-state index contributed by atoms with van der Waals surface area (Å²) in [5.41, 5.74) is 8.94. The minimum Gasteiger partial charge on any atom is -0.383 e. The van der Waals surface area contributed by atoms with Gasteiger partial charge in [-0.05, 0) is 37.1 Å². The third-order valence-electron chi connectivity index (χ3n) is 2.64. The lowest BCUT2D eigenvalue weighted by Crippen LogP contribution is -2.04. The van der Waals surface area contributed by atoms with Gasteiger partial charge in [-0.25, -0.2) is 9.97 Å². The molecule has 0 aliphatic rings. The van der Waals surface area contributed by atoms with Crippen molar-refractivity contribution in [3.05, 3.63) is 40.1 Å². The van der Waals surface area contributed by atoms with Gasteiger partial charge in [0, 0.05) is 15.7 Å². The standard InChI is InChI=1S/C13H15BrN4/c1-3-11-12(15)16-7-17-13(11)18-10-5-8(2)4-9(14)6-10/h4-7H,3H2,1-2H3,(H3,15,16,17,18). The first kappa shape index (κ1) is 12.8. The van der Waals surface area contributed by atoms with Crippen molar-refractivity contribution in [3.8, 4) is 0 Å². The largest absolute Gasteiger partial charge is 0.383 e. The zero-order valence-corrected chi connectivity index (χ0v) is 12.0. The molecule has 0 saturated heterocycles.